The van der Waals surface area contributed by atoms with Crippen LogP contribution < -0.4 is 14.2 Å². The average Bonchev–Trinajstić information content (AvgIpc) is 3.64. The van der Waals surface area contributed by atoms with Gasteiger partial charge in [-0.1, -0.05) is 26.1 Å². The van der Waals surface area contributed by atoms with E-state index in [2.05, 4.69) is 12.7 Å². The van der Waals surface area contributed by atoms with Gasteiger partial charge in [-0.25, -0.2) is 0 Å². The third kappa shape index (κ3) is 6.75. The summed E-state index contributed by atoms with van der Waals surface area (Å²) in [7, 11) is 0. The van der Waals surface area contributed by atoms with E-state index in [0.717, 1.165) is 66.8 Å². The van der Waals surface area contributed by atoms with Crippen LogP contribution >= 0.6 is 0 Å². The molecule has 0 saturated carbocycles. The minimum Gasteiger partial charge on any atom is -0.508 e. The van der Waals surface area contributed by atoms with Crippen LogP contribution in [0.2, 0.25) is 0 Å². The Labute approximate surface area is 229 Å². The lowest BCUT2D eigenvalue weighted by molar-refractivity contribution is -0.114. The fraction of sp³-hybridized carbons (Fsp3) is 0.387. The number of aromatic hydroxyl groups is 1. The van der Waals surface area contributed by atoms with Gasteiger partial charge in [0.25, 0.3) is 0 Å². The van der Waals surface area contributed by atoms with Crippen LogP contribution in [0.5, 0.6) is 23.0 Å². The number of phenols is 1. The van der Waals surface area contributed by atoms with Crippen molar-refractivity contribution in [2.45, 2.75) is 45.6 Å². The van der Waals surface area contributed by atoms with E-state index in [9.17, 15) is 9.90 Å². The third-order valence-corrected chi connectivity index (χ3v) is 6.73. The van der Waals surface area contributed by atoms with E-state index in [-0.39, 0.29) is 25.1 Å². The predicted octanol–water partition coefficient (Wildman–Crippen LogP) is 5.82. The molecule has 0 radical (unpaired) electrons. The number of benzene rings is 2. The van der Waals surface area contributed by atoms with E-state index in [0.29, 0.717) is 31.5 Å². The normalized spacial score (nSPS) is 22.5. The second-order valence-electron chi connectivity index (χ2n) is 9.45. The summed E-state index contributed by atoms with van der Waals surface area (Å²) in [6.07, 6.45) is 8.39. The van der Waals surface area contributed by atoms with Crippen molar-refractivity contribution in [3.8, 4) is 23.0 Å². The first-order valence-electron chi connectivity index (χ1n) is 12.8. The Morgan fingerprint density at radius 3 is 2.49 bits per heavy atom. The zero-order valence-electron chi connectivity index (χ0n) is 21.4. The number of allylic oxidation sites excluding steroid dienone is 2. The zero-order chi connectivity index (χ0) is 26.5. The molecule has 8 heteroatoms. The van der Waals surface area contributed by atoms with Gasteiger partial charge in [-0.3, -0.25) is 4.79 Å². The largest absolute Gasteiger partial charge is 0.508 e. The van der Waals surface area contributed by atoms with Crippen molar-refractivity contribution in [1.82, 2.24) is 0 Å². The van der Waals surface area contributed by atoms with E-state index >= 15 is 0 Å². The number of hydrogen-bond donors (Lipinski definition) is 1. The Kier molecular flexibility index (Phi) is 9.19. The number of hydrogen-bond acceptors (Lipinski definition) is 8. The molecule has 2 saturated heterocycles. The Balaban J connectivity index is 0.000000144. The molecule has 39 heavy (non-hydrogen) atoms. The number of ether oxygens (including phenoxy) is 6. The number of fused-ring (bicyclic) bond motifs is 4. The number of rotatable bonds is 1. The van der Waals surface area contributed by atoms with Crippen molar-refractivity contribution in [2.75, 3.05) is 33.2 Å². The van der Waals surface area contributed by atoms with Gasteiger partial charge in [-0.15, -0.1) is 0 Å². The highest BCUT2D eigenvalue weighted by molar-refractivity contribution is 5.99. The molecule has 2 atom stereocenters. The number of aryl methyl sites for hydroxylation is 1. The Morgan fingerprint density at radius 1 is 1.00 bits per heavy atom. The van der Waals surface area contributed by atoms with Crippen molar-refractivity contribution in [2.24, 2.45) is 0 Å². The highest BCUT2D eigenvalue weighted by Crippen LogP contribution is 2.47. The standard InChI is InChI=1S/C12H12O4.C12H12O3.C6H8O.CH4/c1-2-13-5-8-7-3-11-12(15-6-14-11)4-10(7)16-9(1)8;1-8-6-9(2-3-10(8)13)7-12-11(14)4-5-15-12;1-6-4-2-3-5-7-6;/h3-4,8-9H,1-2,5-6H2;2-3,6-7,13H,4-5H2,1H3;2,4H,1,3,5H2;1H4/b;12-7-;;. The molecule has 5 aliphatic heterocycles. The molecule has 0 aliphatic carbocycles. The molecule has 0 amide bonds. The van der Waals surface area contributed by atoms with Gasteiger partial charge in [0.1, 0.15) is 23.4 Å². The monoisotopic (exact) mass is 536 g/mol. The van der Waals surface area contributed by atoms with E-state index in [4.69, 9.17) is 28.4 Å². The van der Waals surface area contributed by atoms with Gasteiger partial charge >= 0.3 is 0 Å². The quantitative estimate of drug-likeness (QED) is 0.456. The molecule has 7 rings (SSSR count). The predicted molar refractivity (Wildman–Crippen MR) is 147 cm³/mol. The van der Waals surface area contributed by atoms with E-state index < -0.39 is 0 Å². The molecule has 2 aromatic carbocycles. The van der Waals surface area contributed by atoms with Crippen LogP contribution in [0.15, 0.2) is 60.6 Å². The smallest absolute Gasteiger partial charge is 0.231 e. The molecule has 2 aromatic rings. The fourth-order valence-corrected chi connectivity index (χ4v) is 4.66. The average molecular weight is 537 g/mol. The van der Waals surface area contributed by atoms with Crippen molar-refractivity contribution < 1.29 is 38.3 Å². The molecule has 0 spiro atoms. The van der Waals surface area contributed by atoms with Crippen LogP contribution in [-0.4, -0.2) is 50.2 Å². The van der Waals surface area contributed by atoms with E-state index in [1.165, 1.54) is 5.56 Å². The number of ketones is 1. The van der Waals surface area contributed by atoms with Crippen molar-refractivity contribution >= 4 is 11.9 Å². The third-order valence-electron chi connectivity index (χ3n) is 6.73. The first kappa shape index (κ1) is 28.1. The summed E-state index contributed by atoms with van der Waals surface area (Å²) in [6, 6.07) is 9.16. The van der Waals surface area contributed by atoms with Gasteiger partial charge in [-0.2, -0.15) is 0 Å². The van der Waals surface area contributed by atoms with Gasteiger partial charge < -0.3 is 33.5 Å². The highest BCUT2D eigenvalue weighted by Gasteiger charge is 2.38. The maximum atomic E-state index is 11.3. The summed E-state index contributed by atoms with van der Waals surface area (Å²) in [6.45, 7) is 8.54. The molecule has 8 nitrogen and oxygen atoms in total. The van der Waals surface area contributed by atoms with Gasteiger partial charge in [0.05, 0.1) is 26.4 Å². The van der Waals surface area contributed by atoms with Crippen LogP contribution in [0.1, 0.15) is 49.3 Å². The summed E-state index contributed by atoms with van der Waals surface area (Å²) >= 11 is 0. The topological polar surface area (TPSA) is 92.7 Å². The molecular weight excluding hydrogens is 500 g/mol. The van der Waals surface area contributed by atoms with E-state index in [1.807, 2.05) is 31.2 Å². The number of phenolic OH excluding ortho intramolecular Hbond substituents is 1. The molecule has 5 heterocycles. The first-order valence-corrected chi connectivity index (χ1v) is 12.8. The van der Waals surface area contributed by atoms with Gasteiger partial charge in [0.15, 0.2) is 17.3 Å². The Bertz CT molecular complexity index is 1260. The van der Waals surface area contributed by atoms with E-state index in [1.54, 1.807) is 18.2 Å². The molecule has 1 N–H and O–H groups in total. The zero-order valence-corrected chi connectivity index (χ0v) is 21.4. The molecule has 2 fully saturated rings. The van der Waals surface area contributed by atoms with Crippen molar-refractivity contribution in [3.05, 3.63) is 77.3 Å². The highest BCUT2D eigenvalue weighted by atomic mass is 16.7. The van der Waals surface area contributed by atoms with Crippen LogP contribution in [0.3, 0.4) is 0 Å². The summed E-state index contributed by atoms with van der Waals surface area (Å²) in [5.74, 6) is 4.41. The van der Waals surface area contributed by atoms with Crippen LogP contribution in [-0.2, 0) is 19.0 Å². The Morgan fingerprint density at radius 2 is 1.82 bits per heavy atom. The molecule has 0 aromatic heterocycles. The minimum atomic E-state index is 0. The second kappa shape index (κ2) is 12.8. The summed E-state index contributed by atoms with van der Waals surface area (Å²) < 4.78 is 32.3. The SMILES string of the molecule is C.C=C1C=CCCO1.Cc1cc(/C=C2\OCCC2=O)ccc1O.c1c2c(cc3c1OC1CCOCC31)OCO2. The lowest BCUT2D eigenvalue weighted by Gasteiger charge is -2.24. The van der Waals surface area contributed by atoms with Crippen LogP contribution in [0, 0.1) is 6.92 Å². The molecular formula is C31H36O8. The number of Topliss-reactive ketones (excluding diaryl/α,β-unsaturated/α-hetero) is 1. The van der Waals surface area contributed by atoms with Crippen molar-refractivity contribution in [1.29, 1.82) is 0 Å². The molecule has 5 aliphatic rings. The summed E-state index contributed by atoms with van der Waals surface area (Å²) in [5.41, 5.74) is 2.86. The fourth-order valence-electron chi connectivity index (χ4n) is 4.66. The molecule has 0 bridgehead atoms. The maximum absolute atomic E-state index is 11.3. The molecule has 2 unspecified atom stereocenters. The lowest BCUT2D eigenvalue weighted by atomic mass is 9.93. The Hall–Kier alpha value is -3.91. The number of carbonyl (C=O) groups excluding carboxylic acids is 1. The number of carbonyl (C=O) groups is 1. The lowest BCUT2D eigenvalue weighted by Crippen LogP contribution is -2.29. The summed E-state index contributed by atoms with van der Waals surface area (Å²) in [5, 5.41) is 9.34. The van der Waals surface area contributed by atoms with Gasteiger partial charge in [-0.05, 0) is 54.8 Å². The minimum absolute atomic E-state index is 0. The second-order valence-corrected chi connectivity index (χ2v) is 9.45. The molecule has 208 valence electrons. The van der Waals surface area contributed by atoms with Crippen LogP contribution in [0.4, 0.5) is 0 Å². The van der Waals surface area contributed by atoms with Gasteiger partial charge in [0, 0.05) is 30.4 Å². The summed E-state index contributed by atoms with van der Waals surface area (Å²) in [4.78, 5) is 11.3. The first-order chi connectivity index (χ1) is 18.5. The van der Waals surface area contributed by atoms with Crippen molar-refractivity contribution in [3.63, 3.8) is 0 Å². The van der Waals surface area contributed by atoms with Gasteiger partial charge in [0.2, 0.25) is 12.6 Å². The maximum Gasteiger partial charge on any atom is 0.231 e. The van der Waals surface area contributed by atoms with Crippen LogP contribution in [0.25, 0.3) is 6.08 Å².